The van der Waals surface area contributed by atoms with Crippen LogP contribution in [0, 0.1) is 23.7 Å². The number of phosphoric ester groups is 2. The molecule has 0 fully saturated rings. The van der Waals surface area contributed by atoms with Gasteiger partial charge in [0, 0.05) is 25.7 Å². The molecule has 0 bridgehead atoms. The van der Waals surface area contributed by atoms with Crippen LogP contribution < -0.4 is 0 Å². The molecular weight excluding hydrogens is 1310 g/mol. The molecule has 0 aromatic heterocycles. The minimum absolute atomic E-state index is 0.105. The number of phosphoric acid groups is 2. The fraction of sp³-hybridized carbons (Fsp3) is 0.951. The highest BCUT2D eigenvalue weighted by atomic mass is 31.2. The fourth-order valence-corrected chi connectivity index (χ4v) is 14.0. The van der Waals surface area contributed by atoms with E-state index in [4.69, 9.17) is 37.0 Å². The molecule has 100 heavy (non-hydrogen) atoms. The summed E-state index contributed by atoms with van der Waals surface area (Å²) in [5.41, 5.74) is 0. The number of aliphatic hydroxyl groups excluding tert-OH is 1. The van der Waals surface area contributed by atoms with Crippen molar-refractivity contribution in [3.05, 3.63) is 0 Å². The van der Waals surface area contributed by atoms with E-state index in [1.165, 1.54) is 212 Å². The third-order valence-electron chi connectivity index (χ3n) is 19.2. The van der Waals surface area contributed by atoms with Crippen molar-refractivity contribution in [2.45, 2.75) is 433 Å². The molecule has 0 saturated heterocycles. The SMILES string of the molecule is CCC(C)CCCCCCCCCCCCCCCCC(=O)OC[C@H](COP(=O)(O)OCC(O)COP(=O)(O)OC[C@@H](COC(=O)CCCCCCCCC(C)C)OC(=O)CCCCCCCCCCCCCCCCCCCCC(C)C)OC(=O)CCCCCCCCCCCC(C)C. The molecule has 3 N–H and O–H groups in total. The Bertz CT molecular complexity index is 1960. The number of carbonyl (C=O) groups excluding carboxylic acids is 4. The summed E-state index contributed by atoms with van der Waals surface area (Å²) in [4.78, 5) is 72.9. The second-order valence-electron chi connectivity index (χ2n) is 30.8. The number of aliphatic hydroxyl groups is 1. The Morgan fingerprint density at radius 3 is 0.710 bits per heavy atom. The average molecular weight is 1470 g/mol. The molecule has 17 nitrogen and oxygen atoms in total. The predicted octanol–water partition coefficient (Wildman–Crippen LogP) is 24.0. The summed E-state index contributed by atoms with van der Waals surface area (Å²) < 4.78 is 68.6. The van der Waals surface area contributed by atoms with Gasteiger partial charge in [-0.3, -0.25) is 37.3 Å². The molecular formula is C81H158O17P2. The van der Waals surface area contributed by atoms with Gasteiger partial charge in [-0.25, -0.2) is 9.13 Å². The molecule has 0 rings (SSSR count). The smallest absolute Gasteiger partial charge is 0.462 e. The van der Waals surface area contributed by atoms with Crippen LogP contribution in [0.2, 0.25) is 0 Å². The van der Waals surface area contributed by atoms with Crippen LogP contribution in [0.15, 0.2) is 0 Å². The third kappa shape index (κ3) is 73.0. The van der Waals surface area contributed by atoms with Crippen molar-refractivity contribution in [1.29, 1.82) is 0 Å². The van der Waals surface area contributed by atoms with Gasteiger partial charge in [0.25, 0.3) is 0 Å². The van der Waals surface area contributed by atoms with E-state index in [1.807, 2.05) is 0 Å². The lowest BCUT2D eigenvalue weighted by Gasteiger charge is -2.21. The highest BCUT2D eigenvalue weighted by Crippen LogP contribution is 2.45. The number of hydrogen-bond acceptors (Lipinski definition) is 15. The zero-order chi connectivity index (χ0) is 73.8. The third-order valence-corrected chi connectivity index (χ3v) is 21.1. The average Bonchev–Trinajstić information content (AvgIpc) is 0.987. The monoisotopic (exact) mass is 1470 g/mol. The molecule has 0 radical (unpaired) electrons. The van der Waals surface area contributed by atoms with Gasteiger partial charge in [-0.05, 0) is 49.4 Å². The van der Waals surface area contributed by atoms with Crippen LogP contribution >= 0.6 is 15.6 Å². The lowest BCUT2D eigenvalue weighted by molar-refractivity contribution is -0.161. The number of ether oxygens (including phenoxy) is 4. The topological polar surface area (TPSA) is 237 Å². The van der Waals surface area contributed by atoms with E-state index in [9.17, 15) is 43.2 Å². The van der Waals surface area contributed by atoms with Crippen molar-refractivity contribution < 1.29 is 80.2 Å². The first kappa shape index (κ1) is 98.1. The molecule has 0 saturated carbocycles. The molecule has 19 heteroatoms. The Morgan fingerprint density at radius 2 is 0.480 bits per heavy atom. The van der Waals surface area contributed by atoms with Crippen LogP contribution in [0.25, 0.3) is 0 Å². The molecule has 6 atom stereocenters. The maximum Gasteiger partial charge on any atom is 0.472 e. The number of hydrogen-bond donors (Lipinski definition) is 3. The van der Waals surface area contributed by atoms with E-state index in [0.717, 1.165) is 114 Å². The molecule has 0 aliphatic carbocycles. The fourth-order valence-electron chi connectivity index (χ4n) is 12.4. The first-order valence-corrected chi connectivity index (χ1v) is 44.7. The van der Waals surface area contributed by atoms with Crippen molar-refractivity contribution >= 4 is 39.5 Å². The van der Waals surface area contributed by atoms with Gasteiger partial charge in [-0.2, -0.15) is 0 Å². The second-order valence-corrected chi connectivity index (χ2v) is 33.7. The largest absolute Gasteiger partial charge is 0.472 e. The van der Waals surface area contributed by atoms with Crippen LogP contribution in [-0.4, -0.2) is 96.7 Å². The van der Waals surface area contributed by atoms with E-state index < -0.39 is 97.5 Å². The highest BCUT2D eigenvalue weighted by molar-refractivity contribution is 7.47. The Hall–Kier alpha value is -1.94. The minimum Gasteiger partial charge on any atom is -0.462 e. The molecule has 0 aromatic carbocycles. The maximum atomic E-state index is 13.1. The molecule has 594 valence electrons. The molecule has 0 heterocycles. The van der Waals surface area contributed by atoms with Gasteiger partial charge in [-0.15, -0.1) is 0 Å². The van der Waals surface area contributed by atoms with Gasteiger partial charge in [0.05, 0.1) is 26.4 Å². The highest BCUT2D eigenvalue weighted by Gasteiger charge is 2.30. The normalized spacial score (nSPS) is 14.3. The number of unbranched alkanes of at least 4 members (excludes halogenated alkanes) is 43. The van der Waals surface area contributed by atoms with Crippen LogP contribution in [-0.2, 0) is 65.4 Å². The predicted molar refractivity (Wildman–Crippen MR) is 409 cm³/mol. The Balaban J connectivity index is 5.16. The zero-order valence-electron chi connectivity index (χ0n) is 65.8. The van der Waals surface area contributed by atoms with Gasteiger partial charge in [0.1, 0.15) is 19.3 Å². The minimum atomic E-state index is -4.96. The summed E-state index contributed by atoms with van der Waals surface area (Å²) in [5, 5.41) is 10.6. The van der Waals surface area contributed by atoms with Gasteiger partial charge in [0.2, 0.25) is 0 Å². The van der Waals surface area contributed by atoms with E-state index in [1.54, 1.807) is 0 Å². The van der Waals surface area contributed by atoms with Crippen molar-refractivity contribution in [1.82, 2.24) is 0 Å². The summed E-state index contributed by atoms with van der Waals surface area (Å²) in [6, 6.07) is 0. The number of carbonyl (C=O) groups is 4. The van der Waals surface area contributed by atoms with Crippen LogP contribution in [0.3, 0.4) is 0 Å². The molecule has 0 aliphatic rings. The first-order valence-electron chi connectivity index (χ1n) is 41.7. The van der Waals surface area contributed by atoms with E-state index in [0.29, 0.717) is 31.6 Å². The van der Waals surface area contributed by atoms with Crippen molar-refractivity contribution in [3.8, 4) is 0 Å². The van der Waals surface area contributed by atoms with E-state index >= 15 is 0 Å². The molecule has 0 amide bonds. The maximum absolute atomic E-state index is 13.1. The van der Waals surface area contributed by atoms with Crippen molar-refractivity contribution in [3.63, 3.8) is 0 Å². The number of rotatable bonds is 78. The van der Waals surface area contributed by atoms with Crippen molar-refractivity contribution in [2.24, 2.45) is 23.7 Å². The molecule has 4 unspecified atom stereocenters. The summed E-state index contributed by atoms with van der Waals surface area (Å²) in [6.45, 7) is 14.2. The lowest BCUT2D eigenvalue weighted by Crippen LogP contribution is -2.30. The summed E-state index contributed by atoms with van der Waals surface area (Å²) in [5.74, 6) is 0.968. The second kappa shape index (κ2) is 70.1. The number of esters is 4. The van der Waals surface area contributed by atoms with Crippen LogP contribution in [0.4, 0.5) is 0 Å². The Morgan fingerprint density at radius 1 is 0.280 bits per heavy atom. The van der Waals surface area contributed by atoms with Gasteiger partial charge in [-0.1, -0.05) is 364 Å². The first-order chi connectivity index (χ1) is 48.1. The Labute approximate surface area is 613 Å². The standard InChI is InChI=1S/C81H158O17P2/c1-9-74(8)60-52-44-35-29-23-19-16-17-20-24-30-36-45-53-61-78(83)91-67-76(97-81(86)64-56-48-38-32-26-28-34-42-50-58-72(4)5)69-95-99(87,88)93-65-75(82)66-94-100(89,90)96-70-77(68-92-79(84)62-54-46-40-39-43-51-59-73(6)7)98-80(85)63-55-47-37-31-25-21-15-13-11-10-12-14-18-22-27-33-41-49-57-71(2)3/h71-77,82H,9-70H2,1-8H3,(H,87,88)(H,89,90)/t74?,75?,76-,77-/m1/s1. The summed E-state index contributed by atoms with van der Waals surface area (Å²) in [6.07, 6.45) is 57.1. The quantitative estimate of drug-likeness (QED) is 0.0222. The van der Waals surface area contributed by atoms with Gasteiger partial charge < -0.3 is 33.8 Å². The van der Waals surface area contributed by atoms with Crippen LogP contribution in [0.5, 0.6) is 0 Å². The van der Waals surface area contributed by atoms with Gasteiger partial charge >= 0.3 is 39.5 Å². The van der Waals surface area contributed by atoms with Crippen molar-refractivity contribution in [2.75, 3.05) is 39.6 Å². The Kier molecular flexibility index (Phi) is 68.7. The van der Waals surface area contributed by atoms with E-state index in [2.05, 4.69) is 55.4 Å². The molecule has 0 spiro atoms. The molecule has 0 aliphatic heterocycles. The van der Waals surface area contributed by atoms with Gasteiger partial charge in [0.15, 0.2) is 12.2 Å². The zero-order valence-corrected chi connectivity index (χ0v) is 67.6. The van der Waals surface area contributed by atoms with E-state index in [-0.39, 0.29) is 25.7 Å². The lowest BCUT2D eigenvalue weighted by atomic mass is 9.99. The van der Waals surface area contributed by atoms with Crippen LogP contribution in [0.1, 0.15) is 415 Å². The molecule has 0 aromatic rings. The summed E-state index contributed by atoms with van der Waals surface area (Å²) >= 11 is 0. The summed E-state index contributed by atoms with van der Waals surface area (Å²) in [7, 11) is -9.92.